The molecule has 0 saturated carbocycles. The molecule has 1 aromatic rings. The smallest absolute Gasteiger partial charge is 0.220 e. The molecule has 1 saturated heterocycles. The van der Waals surface area contributed by atoms with Crippen LogP contribution in [0, 0.1) is 0 Å². The van der Waals surface area contributed by atoms with E-state index in [2.05, 4.69) is 15.6 Å². The minimum absolute atomic E-state index is 0.0922. The van der Waals surface area contributed by atoms with Crippen molar-refractivity contribution in [2.24, 2.45) is 0 Å². The molecule has 6 nitrogen and oxygen atoms in total. The summed E-state index contributed by atoms with van der Waals surface area (Å²) in [5, 5.41) is 6.01. The van der Waals surface area contributed by atoms with Crippen molar-refractivity contribution in [2.75, 3.05) is 24.7 Å². The molecule has 6 heteroatoms. The number of carbonyl (C=O) groups excluding carboxylic acids is 1. The lowest BCUT2D eigenvalue weighted by molar-refractivity contribution is -0.122. The fourth-order valence-electron chi connectivity index (χ4n) is 1.73. The van der Waals surface area contributed by atoms with Crippen LogP contribution in [0.2, 0.25) is 0 Å². The van der Waals surface area contributed by atoms with Gasteiger partial charge in [0, 0.05) is 25.1 Å². The number of aromatic nitrogens is 1. The van der Waals surface area contributed by atoms with E-state index in [9.17, 15) is 4.79 Å². The summed E-state index contributed by atoms with van der Waals surface area (Å²) in [5.74, 6) is 1.21. The number of nitrogens with zero attached hydrogens (tertiary/aromatic N) is 1. The van der Waals surface area contributed by atoms with Gasteiger partial charge in [0.05, 0.1) is 12.8 Å². The lowest BCUT2D eigenvalue weighted by Crippen LogP contribution is -2.42. The van der Waals surface area contributed by atoms with Crippen molar-refractivity contribution in [1.82, 2.24) is 10.3 Å². The molecule has 4 N–H and O–H groups in total. The number of nitrogens with two attached hydrogens (primary N) is 1. The molecular weight excluding hydrogens is 220 g/mol. The third-order valence-corrected chi connectivity index (χ3v) is 2.72. The number of methoxy groups -OCH3 is 1. The normalized spacial score (nSPS) is 19.6. The zero-order valence-electron chi connectivity index (χ0n) is 9.69. The summed E-state index contributed by atoms with van der Waals surface area (Å²) in [6.07, 6.45) is 1.31. The Hall–Kier alpha value is -1.98. The zero-order chi connectivity index (χ0) is 12.3. The number of anilines is 2. The maximum Gasteiger partial charge on any atom is 0.220 e. The van der Waals surface area contributed by atoms with Crippen LogP contribution in [0.1, 0.15) is 12.8 Å². The van der Waals surface area contributed by atoms with E-state index in [1.165, 1.54) is 0 Å². The number of amides is 1. The zero-order valence-corrected chi connectivity index (χ0v) is 9.69. The Labute approximate surface area is 99.5 Å². The van der Waals surface area contributed by atoms with Crippen molar-refractivity contribution in [2.45, 2.75) is 18.9 Å². The first-order valence-electron chi connectivity index (χ1n) is 5.53. The van der Waals surface area contributed by atoms with E-state index in [1.807, 2.05) is 0 Å². The SMILES string of the molecule is COc1ccc(N)c(NC2CCC(=O)NC2)n1. The number of nitrogens with one attached hydrogen (secondary N) is 2. The highest BCUT2D eigenvalue weighted by atomic mass is 16.5. The number of hydrogen-bond acceptors (Lipinski definition) is 5. The average molecular weight is 236 g/mol. The fourth-order valence-corrected chi connectivity index (χ4v) is 1.73. The number of hydrogen-bond donors (Lipinski definition) is 3. The summed E-state index contributed by atoms with van der Waals surface area (Å²) in [4.78, 5) is 15.3. The maximum absolute atomic E-state index is 11.0. The topological polar surface area (TPSA) is 89.3 Å². The van der Waals surface area contributed by atoms with Gasteiger partial charge in [0.15, 0.2) is 5.82 Å². The van der Waals surface area contributed by atoms with Crippen molar-refractivity contribution in [3.8, 4) is 5.88 Å². The van der Waals surface area contributed by atoms with Crippen LogP contribution in [0.4, 0.5) is 11.5 Å². The molecule has 0 aliphatic carbocycles. The van der Waals surface area contributed by atoms with Crippen LogP contribution in [0.5, 0.6) is 5.88 Å². The summed E-state index contributed by atoms with van der Waals surface area (Å²) in [6.45, 7) is 0.594. The van der Waals surface area contributed by atoms with Gasteiger partial charge in [-0.3, -0.25) is 4.79 Å². The molecule has 92 valence electrons. The Morgan fingerprint density at radius 1 is 1.59 bits per heavy atom. The fraction of sp³-hybridized carbons (Fsp3) is 0.455. The average Bonchev–Trinajstić information content (AvgIpc) is 2.35. The number of piperidine rings is 1. The minimum Gasteiger partial charge on any atom is -0.481 e. The maximum atomic E-state index is 11.0. The lowest BCUT2D eigenvalue weighted by Gasteiger charge is -2.24. The number of ether oxygens (including phenoxy) is 1. The van der Waals surface area contributed by atoms with Gasteiger partial charge < -0.3 is 21.1 Å². The number of pyridine rings is 1. The molecule has 1 aromatic heterocycles. The summed E-state index contributed by atoms with van der Waals surface area (Å²) >= 11 is 0. The van der Waals surface area contributed by atoms with E-state index in [4.69, 9.17) is 10.5 Å². The molecule has 0 bridgehead atoms. The van der Waals surface area contributed by atoms with Crippen LogP contribution in [0.15, 0.2) is 12.1 Å². The van der Waals surface area contributed by atoms with Crippen molar-refractivity contribution < 1.29 is 9.53 Å². The molecule has 1 atom stereocenters. The van der Waals surface area contributed by atoms with E-state index in [1.54, 1.807) is 19.2 Å². The number of rotatable bonds is 3. The second-order valence-corrected chi connectivity index (χ2v) is 3.98. The van der Waals surface area contributed by atoms with Gasteiger partial charge in [-0.05, 0) is 12.5 Å². The van der Waals surface area contributed by atoms with Crippen LogP contribution in [-0.4, -0.2) is 30.6 Å². The molecule has 0 aromatic carbocycles. The highest BCUT2D eigenvalue weighted by Crippen LogP contribution is 2.21. The van der Waals surface area contributed by atoms with Crippen LogP contribution in [0.3, 0.4) is 0 Å². The summed E-state index contributed by atoms with van der Waals surface area (Å²) in [5.41, 5.74) is 6.39. The van der Waals surface area contributed by atoms with Gasteiger partial charge in [0.2, 0.25) is 11.8 Å². The van der Waals surface area contributed by atoms with Gasteiger partial charge in [-0.1, -0.05) is 0 Å². The Morgan fingerprint density at radius 2 is 2.41 bits per heavy atom. The first-order valence-corrected chi connectivity index (χ1v) is 5.53. The summed E-state index contributed by atoms with van der Waals surface area (Å²) < 4.78 is 5.04. The van der Waals surface area contributed by atoms with Crippen molar-refractivity contribution in [3.05, 3.63) is 12.1 Å². The molecule has 1 fully saturated rings. The number of nitrogen functional groups attached to an aromatic ring is 1. The Kier molecular flexibility index (Phi) is 3.32. The second-order valence-electron chi connectivity index (χ2n) is 3.98. The number of carbonyl (C=O) groups is 1. The van der Waals surface area contributed by atoms with E-state index >= 15 is 0 Å². The molecule has 1 aliphatic heterocycles. The van der Waals surface area contributed by atoms with E-state index in [0.29, 0.717) is 30.4 Å². The first-order chi connectivity index (χ1) is 8.19. The van der Waals surface area contributed by atoms with Gasteiger partial charge in [0.25, 0.3) is 0 Å². The van der Waals surface area contributed by atoms with Gasteiger partial charge in [-0.25, -0.2) is 0 Å². The third-order valence-electron chi connectivity index (χ3n) is 2.72. The van der Waals surface area contributed by atoms with Gasteiger partial charge in [0.1, 0.15) is 0 Å². The quantitative estimate of drug-likeness (QED) is 0.705. The molecule has 1 aliphatic rings. The Balaban J connectivity index is 2.04. The van der Waals surface area contributed by atoms with Crippen LogP contribution in [-0.2, 0) is 4.79 Å². The Bertz CT molecular complexity index is 412. The minimum atomic E-state index is 0.0922. The van der Waals surface area contributed by atoms with Crippen LogP contribution >= 0.6 is 0 Å². The van der Waals surface area contributed by atoms with Gasteiger partial charge in [-0.15, -0.1) is 0 Å². The largest absolute Gasteiger partial charge is 0.481 e. The first kappa shape index (κ1) is 11.5. The third kappa shape index (κ3) is 2.77. The predicted molar refractivity (Wildman–Crippen MR) is 64.9 cm³/mol. The molecule has 2 heterocycles. The molecule has 1 unspecified atom stereocenters. The molecule has 17 heavy (non-hydrogen) atoms. The Morgan fingerprint density at radius 3 is 3.06 bits per heavy atom. The molecule has 0 radical (unpaired) electrons. The summed E-state index contributed by atoms with van der Waals surface area (Å²) in [7, 11) is 1.56. The van der Waals surface area contributed by atoms with E-state index in [-0.39, 0.29) is 11.9 Å². The van der Waals surface area contributed by atoms with Gasteiger partial charge >= 0.3 is 0 Å². The van der Waals surface area contributed by atoms with Crippen LogP contribution in [0.25, 0.3) is 0 Å². The second kappa shape index (κ2) is 4.90. The molecule has 1 amide bonds. The molecule has 2 rings (SSSR count). The predicted octanol–water partition coefficient (Wildman–Crippen LogP) is 0.363. The van der Waals surface area contributed by atoms with Crippen LogP contribution < -0.4 is 21.1 Å². The monoisotopic (exact) mass is 236 g/mol. The summed E-state index contributed by atoms with van der Waals surface area (Å²) in [6, 6.07) is 3.62. The van der Waals surface area contributed by atoms with E-state index < -0.39 is 0 Å². The van der Waals surface area contributed by atoms with Crippen molar-refractivity contribution >= 4 is 17.4 Å². The van der Waals surface area contributed by atoms with Crippen molar-refractivity contribution in [1.29, 1.82) is 0 Å². The highest BCUT2D eigenvalue weighted by molar-refractivity contribution is 5.77. The molecular formula is C11H16N4O2. The van der Waals surface area contributed by atoms with E-state index in [0.717, 1.165) is 6.42 Å². The van der Waals surface area contributed by atoms with Gasteiger partial charge in [-0.2, -0.15) is 4.98 Å². The standard InChI is InChI=1S/C11H16N4O2/c1-17-10-5-3-8(12)11(15-10)14-7-2-4-9(16)13-6-7/h3,5,7H,2,4,6,12H2,1H3,(H,13,16)(H,14,15). The lowest BCUT2D eigenvalue weighted by atomic mass is 10.1. The van der Waals surface area contributed by atoms with Crippen molar-refractivity contribution in [3.63, 3.8) is 0 Å². The molecule has 0 spiro atoms. The highest BCUT2D eigenvalue weighted by Gasteiger charge is 2.18.